The molecule has 1 aromatic carbocycles. The monoisotopic (exact) mass is 483 g/mol. The third-order valence-corrected chi connectivity index (χ3v) is 6.45. The van der Waals surface area contributed by atoms with E-state index in [1.807, 2.05) is 18.4 Å². The van der Waals surface area contributed by atoms with Crippen LogP contribution < -0.4 is 11.2 Å². The van der Waals surface area contributed by atoms with Gasteiger partial charge in [-0.25, -0.2) is 14.2 Å². The van der Waals surface area contributed by atoms with Gasteiger partial charge in [0.05, 0.1) is 11.3 Å². The zero-order valence-electron chi connectivity index (χ0n) is 19.1. The third kappa shape index (κ3) is 4.35. The van der Waals surface area contributed by atoms with E-state index in [-0.39, 0.29) is 5.82 Å². The highest BCUT2D eigenvalue weighted by atomic mass is 32.2. The Labute approximate surface area is 199 Å². The number of rotatable bonds is 10. The van der Waals surface area contributed by atoms with E-state index in [0.717, 1.165) is 12.8 Å². The molecule has 0 bridgehead atoms. The van der Waals surface area contributed by atoms with Crippen molar-refractivity contribution in [1.29, 1.82) is 0 Å². The lowest BCUT2D eigenvalue weighted by Crippen LogP contribution is -2.31. The molecule has 0 aliphatic heterocycles. The van der Waals surface area contributed by atoms with Crippen LogP contribution in [0, 0.1) is 5.82 Å². The lowest BCUT2D eigenvalue weighted by molar-refractivity contribution is 0.613. The molecule has 0 aliphatic rings. The van der Waals surface area contributed by atoms with Gasteiger partial charge in [0.1, 0.15) is 11.6 Å². The van der Waals surface area contributed by atoms with Crippen LogP contribution in [0.1, 0.15) is 32.5 Å². The Morgan fingerprint density at radius 3 is 2.65 bits per heavy atom. The van der Waals surface area contributed by atoms with Crippen molar-refractivity contribution >= 4 is 22.9 Å². The summed E-state index contributed by atoms with van der Waals surface area (Å²) in [5.74, 6) is 1.06. The molecule has 0 saturated heterocycles. The normalized spacial score (nSPS) is 11.4. The Bertz CT molecular complexity index is 1450. The smallest absolute Gasteiger partial charge is 0.322 e. The highest BCUT2D eigenvalue weighted by Crippen LogP contribution is 2.28. The zero-order chi connectivity index (χ0) is 24.2. The zero-order valence-corrected chi connectivity index (χ0v) is 19.9. The van der Waals surface area contributed by atoms with Crippen LogP contribution in [0.25, 0.3) is 22.6 Å². The number of aromatic nitrogens is 7. The predicted molar refractivity (Wildman–Crippen MR) is 130 cm³/mol. The molecule has 4 aromatic rings. The molecular weight excluding hydrogens is 457 g/mol. The van der Waals surface area contributed by atoms with E-state index in [1.54, 1.807) is 28.8 Å². The average Bonchev–Trinajstić information content (AvgIpc) is 3.39. The van der Waals surface area contributed by atoms with Crippen molar-refractivity contribution in [2.24, 2.45) is 0 Å². The largest absolute Gasteiger partial charge is 0.330 e. The summed E-state index contributed by atoms with van der Waals surface area (Å²) in [6, 6.07) is 6.41. The predicted octanol–water partition coefficient (Wildman–Crippen LogP) is 3.58. The summed E-state index contributed by atoms with van der Waals surface area (Å²) < 4.78 is 19.5. The number of allylic oxidation sites excluding steroid dienone is 1. The van der Waals surface area contributed by atoms with Gasteiger partial charge in [-0.2, -0.15) is 0 Å². The first-order chi connectivity index (χ1) is 16.5. The van der Waals surface area contributed by atoms with Crippen molar-refractivity contribution in [3.05, 3.63) is 69.4 Å². The first-order valence-electron chi connectivity index (χ1n) is 11.1. The van der Waals surface area contributed by atoms with Crippen molar-refractivity contribution in [2.45, 2.75) is 57.2 Å². The van der Waals surface area contributed by atoms with Gasteiger partial charge >= 0.3 is 5.69 Å². The van der Waals surface area contributed by atoms with Crippen molar-refractivity contribution in [3.63, 3.8) is 0 Å². The molecule has 4 rings (SSSR count). The minimum Gasteiger partial charge on any atom is -0.322 e. The number of nitrogens with one attached hydrogen (secondary N) is 1. The van der Waals surface area contributed by atoms with Crippen LogP contribution in [0.15, 0.2) is 51.7 Å². The number of benzene rings is 1. The first kappa shape index (κ1) is 23.7. The standard InChI is InChI=1S/C23H26FN7O2S/c1-4-7-13-30-20-18(21(32)26-22(30)33)29(6-3)17(25-20)14-34-23-28-27-19(31(23)12-5-2)15-10-8-9-11-16(15)24/h5,8-11H,2,4,6-7,12-14H2,1,3H3,(H,26,32,33). The fourth-order valence-electron chi connectivity index (χ4n) is 3.85. The van der Waals surface area contributed by atoms with Gasteiger partial charge in [0, 0.05) is 19.6 Å². The molecule has 0 fully saturated rings. The lowest BCUT2D eigenvalue weighted by Gasteiger charge is -2.09. The van der Waals surface area contributed by atoms with Crippen molar-refractivity contribution in [3.8, 4) is 11.4 Å². The number of nitrogens with zero attached hydrogens (tertiary/aromatic N) is 6. The van der Waals surface area contributed by atoms with Gasteiger partial charge in [-0.1, -0.05) is 43.3 Å². The fourth-order valence-corrected chi connectivity index (χ4v) is 4.75. The summed E-state index contributed by atoms with van der Waals surface area (Å²) >= 11 is 1.38. The Hall–Kier alpha value is -3.47. The molecule has 3 heterocycles. The van der Waals surface area contributed by atoms with Crippen LogP contribution in [-0.4, -0.2) is 33.9 Å². The van der Waals surface area contributed by atoms with E-state index in [9.17, 15) is 14.0 Å². The summed E-state index contributed by atoms with van der Waals surface area (Å²) in [5, 5.41) is 9.06. The molecule has 0 radical (unpaired) electrons. The van der Waals surface area contributed by atoms with Crippen molar-refractivity contribution in [2.75, 3.05) is 0 Å². The van der Waals surface area contributed by atoms with Gasteiger partial charge in [-0.3, -0.25) is 18.9 Å². The summed E-state index contributed by atoms with van der Waals surface area (Å²) in [6.45, 7) is 9.15. The van der Waals surface area contributed by atoms with Crippen LogP contribution in [0.5, 0.6) is 0 Å². The highest BCUT2D eigenvalue weighted by molar-refractivity contribution is 7.98. The highest BCUT2D eigenvalue weighted by Gasteiger charge is 2.20. The third-order valence-electron chi connectivity index (χ3n) is 5.49. The van der Waals surface area contributed by atoms with E-state index in [0.29, 0.717) is 58.9 Å². The average molecular weight is 484 g/mol. The van der Waals surface area contributed by atoms with Crippen LogP contribution in [0.2, 0.25) is 0 Å². The number of hydrogen-bond donors (Lipinski definition) is 1. The second-order valence-electron chi connectivity index (χ2n) is 7.68. The molecule has 0 aliphatic carbocycles. The van der Waals surface area contributed by atoms with Crippen LogP contribution >= 0.6 is 11.8 Å². The van der Waals surface area contributed by atoms with Crippen molar-refractivity contribution < 1.29 is 4.39 Å². The summed E-state index contributed by atoms with van der Waals surface area (Å²) in [4.78, 5) is 32.1. The summed E-state index contributed by atoms with van der Waals surface area (Å²) in [7, 11) is 0. The molecule has 178 valence electrons. The van der Waals surface area contributed by atoms with Crippen molar-refractivity contribution in [1.82, 2.24) is 33.9 Å². The number of H-pyrrole nitrogens is 1. The molecule has 0 amide bonds. The Kier molecular flexibility index (Phi) is 7.11. The van der Waals surface area contributed by atoms with Gasteiger partial charge in [0.25, 0.3) is 5.56 Å². The van der Waals surface area contributed by atoms with Gasteiger partial charge in [-0.05, 0) is 25.5 Å². The summed E-state index contributed by atoms with van der Waals surface area (Å²) in [6.07, 6.45) is 3.41. The maximum absolute atomic E-state index is 14.4. The minimum atomic E-state index is -0.453. The molecule has 0 saturated carbocycles. The number of halogens is 1. The van der Waals surface area contributed by atoms with Gasteiger partial charge < -0.3 is 4.57 Å². The van der Waals surface area contributed by atoms with E-state index in [4.69, 9.17) is 0 Å². The van der Waals surface area contributed by atoms with E-state index in [2.05, 4.69) is 26.7 Å². The van der Waals surface area contributed by atoms with Gasteiger partial charge in [0.15, 0.2) is 22.1 Å². The molecule has 3 aromatic heterocycles. The van der Waals surface area contributed by atoms with Gasteiger partial charge in [0.2, 0.25) is 0 Å². The molecule has 11 heteroatoms. The second kappa shape index (κ2) is 10.2. The van der Waals surface area contributed by atoms with Gasteiger partial charge in [-0.15, -0.1) is 16.8 Å². The summed E-state index contributed by atoms with van der Waals surface area (Å²) in [5.41, 5.74) is 0.227. The number of imidazole rings is 1. The Balaban J connectivity index is 1.72. The number of aromatic amines is 1. The number of aryl methyl sites for hydroxylation is 2. The molecule has 0 spiro atoms. The second-order valence-corrected chi connectivity index (χ2v) is 8.63. The number of thioether (sulfide) groups is 1. The fraction of sp³-hybridized carbons (Fsp3) is 0.348. The van der Waals surface area contributed by atoms with Crippen LogP contribution in [-0.2, 0) is 25.4 Å². The Morgan fingerprint density at radius 1 is 1.15 bits per heavy atom. The molecule has 1 N–H and O–H groups in total. The molecule has 34 heavy (non-hydrogen) atoms. The first-order valence-corrected chi connectivity index (χ1v) is 12.1. The molecular formula is C23H26FN7O2S. The molecule has 0 atom stereocenters. The maximum Gasteiger partial charge on any atom is 0.330 e. The minimum absolute atomic E-state index is 0.357. The van der Waals surface area contributed by atoms with Crippen LogP contribution in [0.4, 0.5) is 4.39 Å². The van der Waals surface area contributed by atoms with E-state index in [1.165, 1.54) is 22.4 Å². The quantitative estimate of drug-likeness (QED) is 0.273. The number of unbranched alkanes of at least 4 members (excludes halogenated alkanes) is 1. The Morgan fingerprint density at radius 2 is 1.94 bits per heavy atom. The SMILES string of the molecule is C=CCn1c(SCc2nc3c(c(=O)[nH]c(=O)n3CCCC)n2CC)nnc1-c1ccccc1F. The maximum atomic E-state index is 14.4. The molecule has 9 nitrogen and oxygen atoms in total. The number of fused-ring (bicyclic) bond motifs is 1. The van der Waals surface area contributed by atoms with Crippen LogP contribution in [0.3, 0.4) is 0 Å². The number of hydrogen-bond acceptors (Lipinski definition) is 6. The van der Waals surface area contributed by atoms with E-state index < -0.39 is 11.2 Å². The topological polar surface area (TPSA) is 103 Å². The molecule has 0 unspecified atom stereocenters. The van der Waals surface area contributed by atoms with E-state index >= 15 is 0 Å². The lowest BCUT2D eigenvalue weighted by atomic mass is 10.2.